The number of carbonyl (C=O) groups is 1. The summed E-state index contributed by atoms with van der Waals surface area (Å²) in [6.45, 7) is 0. The number of rotatable bonds is 7. The van der Waals surface area contributed by atoms with Gasteiger partial charge in [-0.15, -0.1) is 10.2 Å². The number of methoxy groups -OCH3 is 2. The Morgan fingerprint density at radius 2 is 1.45 bits per heavy atom. The molecule has 0 aliphatic carbocycles. The van der Waals surface area contributed by atoms with Gasteiger partial charge in [-0.1, -0.05) is 6.07 Å². The van der Waals surface area contributed by atoms with Crippen molar-refractivity contribution in [2.45, 2.75) is 0 Å². The first kappa shape index (κ1) is 19.9. The summed E-state index contributed by atoms with van der Waals surface area (Å²) in [6.07, 6.45) is 0. The molecule has 2 N–H and O–H groups in total. The molecule has 0 unspecified atom stereocenters. The van der Waals surface area contributed by atoms with Gasteiger partial charge >= 0.3 is 0 Å². The van der Waals surface area contributed by atoms with Crippen molar-refractivity contribution in [3.05, 3.63) is 60.2 Å². The Morgan fingerprint density at radius 3 is 1.97 bits per heavy atom. The summed E-state index contributed by atoms with van der Waals surface area (Å²) in [5.74, 6) is 1.31. The van der Waals surface area contributed by atoms with E-state index in [0.717, 1.165) is 11.4 Å². The molecule has 0 spiro atoms. The molecule has 2 aromatic carbocycles. The van der Waals surface area contributed by atoms with Crippen molar-refractivity contribution in [3.63, 3.8) is 0 Å². The van der Waals surface area contributed by atoms with Gasteiger partial charge in [0.05, 0.1) is 14.2 Å². The van der Waals surface area contributed by atoms with Crippen LogP contribution in [-0.4, -0.2) is 44.4 Å². The molecule has 0 fully saturated rings. The van der Waals surface area contributed by atoms with Crippen LogP contribution in [0.15, 0.2) is 54.6 Å². The maximum Gasteiger partial charge on any atom is 0.264 e. The minimum atomic E-state index is -0.395. The maximum absolute atomic E-state index is 12.7. The lowest BCUT2D eigenvalue weighted by Gasteiger charge is -2.13. The highest BCUT2D eigenvalue weighted by molar-refractivity contribution is 6.07. The van der Waals surface area contributed by atoms with E-state index in [9.17, 15) is 4.79 Å². The van der Waals surface area contributed by atoms with Crippen LogP contribution in [0.25, 0.3) is 0 Å². The molecule has 3 aromatic rings. The normalized spacial score (nSPS) is 10.2. The summed E-state index contributed by atoms with van der Waals surface area (Å²) in [5.41, 5.74) is 2.29. The number of carbonyl (C=O) groups excluding carboxylic acids is 1. The highest BCUT2D eigenvalue weighted by Crippen LogP contribution is 2.29. The zero-order valence-corrected chi connectivity index (χ0v) is 16.8. The van der Waals surface area contributed by atoms with Crippen LogP contribution < -0.4 is 25.0 Å². The largest absolute Gasteiger partial charge is 0.496 e. The molecule has 1 amide bonds. The van der Waals surface area contributed by atoms with Crippen LogP contribution in [0.1, 0.15) is 10.4 Å². The van der Waals surface area contributed by atoms with E-state index in [1.165, 1.54) is 14.2 Å². The van der Waals surface area contributed by atoms with Crippen LogP contribution in [0.3, 0.4) is 0 Å². The monoisotopic (exact) mass is 393 g/mol. The van der Waals surface area contributed by atoms with E-state index in [0.29, 0.717) is 28.7 Å². The summed E-state index contributed by atoms with van der Waals surface area (Å²) in [7, 11) is 6.97. The molecular formula is C21H23N5O3. The van der Waals surface area contributed by atoms with Gasteiger partial charge in [-0.2, -0.15) is 0 Å². The number of hydrogen-bond donors (Lipinski definition) is 2. The van der Waals surface area contributed by atoms with Gasteiger partial charge in [0.15, 0.2) is 11.6 Å². The molecule has 3 rings (SSSR count). The minimum absolute atomic E-state index is 0.294. The van der Waals surface area contributed by atoms with Crippen molar-refractivity contribution < 1.29 is 14.3 Å². The van der Waals surface area contributed by atoms with Gasteiger partial charge in [-0.05, 0) is 48.5 Å². The molecule has 8 nitrogen and oxygen atoms in total. The molecule has 0 bridgehead atoms. The van der Waals surface area contributed by atoms with Crippen LogP contribution >= 0.6 is 0 Å². The number of aromatic nitrogens is 2. The van der Waals surface area contributed by atoms with Gasteiger partial charge in [0.2, 0.25) is 0 Å². The molecule has 0 aliphatic rings. The molecule has 0 aliphatic heterocycles. The Morgan fingerprint density at radius 1 is 0.862 bits per heavy atom. The molecular weight excluding hydrogens is 370 g/mol. The molecule has 150 valence electrons. The average molecular weight is 393 g/mol. The van der Waals surface area contributed by atoms with Crippen LogP contribution in [-0.2, 0) is 0 Å². The Labute approximate surface area is 169 Å². The Bertz CT molecular complexity index is 950. The van der Waals surface area contributed by atoms with E-state index in [1.54, 1.807) is 30.3 Å². The lowest BCUT2D eigenvalue weighted by molar-refractivity contribution is 0.102. The smallest absolute Gasteiger partial charge is 0.264 e. The number of anilines is 4. The minimum Gasteiger partial charge on any atom is -0.496 e. The van der Waals surface area contributed by atoms with Crippen molar-refractivity contribution >= 4 is 28.9 Å². The van der Waals surface area contributed by atoms with Gasteiger partial charge in [0.25, 0.3) is 5.91 Å². The summed E-state index contributed by atoms with van der Waals surface area (Å²) >= 11 is 0. The number of nitrogens with one attached hydrogen (secondary N) is 2. The number of benzene rings is 2. The summed E-state index contributed by atoms with van der Waals surface area (Å²) in [6, 6.07) is 16.5. The van der Waals surface area contributed by atoms with E-state index in [2.05, 4.69) is 20.8 Å². The third kappa shape index (κ3) is 4.73. The van der Waals surface area contributed by atoms with Crippen LogP contribution in [0.5, 0.6) is 11.5 Å². The number of hydrogen-bond acceptors (Lipinski definition) is 7. The maximum atomic E-state index is 12.7. The van der Waals surface area contributed by atoms with E-state index < -0.39 is 5.91 Å². The Balaban J connectivity index is 1.70. The molecule has 0 saturated heterocycles. The fraction of sp³-hybridized carbons (Fsp3) is 0.190. The second kappa shape index (κ2) is 8.92. The summed E-state index contributed by atoms with van der Waals surface area (Å²) in [5, 5.41) is 14.1. The molecule has 1 aromatic heterocycles. The topological polar surface area (TPSA) is 88.6 Å². The zero-order chi connectivity index (χ0) is 20.8. The van der Waals surface area contributed by atoms with E-state index in [1.807, 2.05) is 43.3 Å². The predicted molar refractivity (Wildman–Crippen MR) is 114 cm³/mol. The molecule has 29 heavy (non-hydrogen) atoms. The average Bonchev–Trinajstić information content (AvgIpc) is 2.74. The SMILES string of the molecule is COc1cccc(OC)c1C(=O)Nc1ccc(Nc2ccc(N(C)C)cc2)nn1. The highest BCUT2D eigenvalue weighted by Gasteiger charge is 2.18. The standard InChI is InChI=1S/C21H23N5O3/c1-26(2)15-10-8-14(9-11-15)22-18-12-13-19(25-24-18)23-21(27)20-16(28-3)6-5-7-17(20)29-4/h5-13H,1-4H3,(H,22,24)(H,23,25,27). The number of amides is 1. The van der Waals surface area contributed by atoms with E-state index >= 15 is 0 Å². The predicted octanol–water partition coefficient (Wildman–Crippen LogP) is 3.56. The number of nitrogens with zero attached hydrogens (tertiary/aromatic N) is 3. The van der Waals surface area contributed by atoms with Crippen LogP contribution in [0.2, 0.25) is 0 Å². The number of ether oxygens (including phenoxy) is 2. The lowest BCUT2D eigenvalue weighted by Crippen LogP contribution is -2.16. The van der Waals surface area contributed by atoms with Crippen molar-refractivity contribution in [3.8, 4) is 11.5 Å². The molecule has 0 atom stereocenters. The second-order valence-electron chi connectivity index (χ2n) is 6.36. The fourth-order valence-corrected chi connectivity index (χ4v) is 2.71. The molecule has 8 heteroatoms. The van der Waals surface area contributed by atoms with Crippen molar-refractivity contribution in [2.24, 2.45) is 0 Å². The van der Waals surface area contributed by atoms with Crippen molar-refractivity contribution in [1.29, 1.82) is 0 Å². The van der Waals surface area contributed by atoms with E-state index in [4.69, 9.17) is 9.47 Å². The van der Waals surface area contributed by atoms with Crippen molar-refractivity contribution in [1.82, 2.24) is 10.2 Å². The van der Waals surface area contributed by atoms with Gasteiger partial charge in [-0.25, -0.2) is 0 Å². The van der Waals surface area contributed by atoms with Gasteiger partial charge in [-0.3, -0.25) is 4.79 Å². The van der Waals surface area contributed by atoms with Crippen LogP contribution in [0.4, 0.5) is 23.0 Å². The Kier molecular flexibility index (Phi) is 6.13. The summed E-state index contributed by atoms with van der Waals surface area (Å²) < 4.78 is 10.5. The molecule has 1 heterocycles. The fourth-order valence-electron chi connectivity index (χ4n) is 2.71. The van der Waals surface area contributed by atoms with E-state index in [-0.39, 0.29) is 0 Å². The first-order valence-electron chi connectivity index (χ1n) is 8.92. The first-order valence-corrected chi connectivity index (χ1v) is 8.92. The third-order valence-corrected chi connectivity index (χ3v) is 4.22. The third-order valence-electron chi connectivity index (χ3n) is 4.22. The quantitative estimate of drug-likeness (QED) is 0.634. The lowest BCUT2D eigenvalue weighted by atomic mass is 10.1. The van der Waals surface area contributed by atoms with Gasteiger partial charge in [0, 0.05) is 25.5 Å². The molecule has 0 radical (unpaired) electrons. The van der Waals surface area contributed by atoms with Gasteiger partial charge in [0.1, 0.15) is 17.1 Å². The van der Waals surface area contributed by atoms with Gasteiger partial charge < -0.3 is 25.0 Å². The second-order valence-corrected chi connectivity index (χ2v) is 6.36. The Hall–Kier alpha value is -3.81. The highest BCUT2D eigenvalue weighted by atomic mass is 16.5. The van der Waals surface area contributed by atoms with Crippen LogP contribution in [0, 0.1) is 0 Å². The zero-order valence-electron chi connectivity index (χ0n) is 16.8. The summed E-state index contributed by atoms with van der Waals surface area (Å²) in [4.78, 5) is 14.7. The first-order chi connectivity index (χ1) is 14.0. The molecule has 0 saturated carbocycles. The van der Waals surface area contributed by atoms with Crippen molar-refractivity contribution in [2.75, 3.05) is 43.8 Å².